The third-order valence-electron chi connectivity index (χ3n) is 5.36. The zero-order valence-corrected chi connectivity index (χ0v) is 15.7. The molecule has 1 aliphatic carbocycles. The number of nitrogens with zero attached hydrogens (tertiary/aromatic N) is 2. The molecule has 2 amide bonds. The average molecular weight is 381 g/mol. The Morgan fingerprint density at radius 3 is 2.96 bits per heavy atom. The van der Waals surface area contributed by atoms with Crippen LogP contribution in [0, 0.1) is 0 Å². The largest absolute Gasteiger partial charge is 0.419 e. The van der Waals surface area contributed by atoms with Gasteiger partial charge in [0.15, 0.2) is 5.58 Å². The number of fused-ring (bicyclic) bond motifs is 2. The summed E-state index contributed by atoms with van der Waals surface area (Å²) in [5.41, 5.74) is 4.01. The molecule has 2 N–H and O–H groups in total. The predicted octanol–water partition coefficient (Wildman–Crippen LogP) is 3.04. The third-order valence-corrected chi connectivity index (χ3v) is 5.36. The molecule has 4 rings (SSSR count). The predicted molar refractivity (Wildman–Crippen MR) is 106 cm³/mol. The molecule has 146 valence electrons. The number of hydrogen-bond acceptors (Lipinski definition) is 4. The van der Waals surface area contributed by atoms with Crippen LogP contribution in [-0.4, -0.2) is 33.8 Å². The molecule has 28 heavy (non-hydrogen) atoms. The Kier molecular flexibility index (Phi) is 4.92. The van der Waals surface area contributed by atoms with Crippen molar-refractivity contribution in [3.05, 3.63) is 64.1 Å². The standard InChI is InChI=1S/C21H23N3O4/c1-23-18-10-9-15(13-19(18)28-21(23)27)22-20(26)24(11-12-25)17-8-4-6-14-5-2-3-7-16(14)17/h2-3,5,7,9-10,13,17,25H,4,6,8,11-12H2,1H3,(H,22,26). The minimum absolute atomic E-state index is 0.0736. The summed E-state index contributed by atoms with van der Waals surface area (Å²) >= 11 is 0. The molecule has 1 aliphatic rings. The summed E-state index contributed by atoms with van der Waals surface area (Å²) < 4.78 is 6.61. The summed E-state index contributed by atoms with van der Waals surface area (Å²) in [6, 6.07) is 12.9. The Morgan fingerprint density at radius 1 is 1.32 bits per heavy atom. The number of aliphatic hydroxyl groups excluding tert-OH is 1. The number of benzene rings is 2. The van der Waals surface area contributed by atoms with Crippen molar-refractivity contribution in [3.63, 3.8) is 0 Å². The highest BCUT2D eigenvalue weighted by atomic mass is 16.4. The first kappa shape index (κ1) is 18.3. The van der Waals surface area contributed by atoms with Gasteiger partial charge in [-0.15, -0.1) is 0 Å². The van der Waals surface area contributed by atoms with Crippen LogP contribution in [0.2, 0.25) is 0 Å². The number of amides is 2. The lowest BCUT2D eigenvalue weighted by Gasteiger charge is -2.35. The molecule has 1 heterocycles. The fraction of sp³-hybridized carbons (Fsp3) is 0.333. The molecule has 0 bridgehead atoms. The van der Waals surface area contributed by atoms with Crippen molar-refractivity contribution >= 4 is 22.8 Å². The molecule has 0 spiro atoms. The van der Waals surface area contributed by atoms with Gasteiger partial charge in [-0.1, -0.05) is 24.3 Å². The van der Waals surface area contributed by atoms with E-state index in [9.17, 15) is 14.7 Å². The molecule has 0 radical (unpaired) electrons. The molecule has 1 atom stereocenters. The number of nitrogens with one attached hydrogen (secondary N) is 1. The van der Waals surface area contributed by atoms with E-state index in [1.807, 2.05) is 12.1 Å². The van der Waals surface area contributed by atoms with Crippen molar-refractivity contribution in [2.24, 2.45) is 7.05 Å². The number of urea groups is 1. The molecule has 1 aromatic heterocycles. The van der Waals surface area contributed by atoms with Gasteiger partial charge >= 0.3 is 11.8 Å². The second-order valence-corrected chi connectivity index (χ2v) is 7.06. The number of rotatable bonds is 4. The first-order valence-electron chi connectivity index (χ1n) is 9.44. The van der Waals surface area contributed by atoms with Crippen molar-refractivity contribution in [3.8, 4) is 0 Å². The number of carbonyl (C=O) groups is 1. The zero-order chi connectivity index (χ0) is 19.7. The van der Waals surface area contributed by atoms with E-state index < -0.39 is 5.76 Å². The number of hydrogen-bond donors (Lipinski definition) is 2. The van der Waals surface area contributed by atoms with E-state index in [1.54, 1.807) is 30.1 Å². The van der Waals surface area contributed by atoms with Crippen LogP contribution in [0.3, 0.4) is 0 Å². The third kappa shape index (κ3) is 3.29. The molecule has 2 aromatic carbocycles. The van der Waals surface area contributed by atoms with E-state index in [4.69, 9.17) is 4.42 Å². The number of aliphatic hydroxyl groups is 1. The molecule has 0 saturated heterocycles. The maximum atomic E-state index is 13.0. The number of oxazole rings is 1. The monoisotopic (exact) mass is 381 g/mol. The number of carbonyl (C=O) groups excluding carboxylic acids is 1. The zero-order valence-electron chi connectivity index (χ0n) is 15.7. The van der Waals surface area contributed by atoms with Crippen molar-refractivity contribution in [2.75, 3.05) is 18.5 Å². The van der Waals surface area contributed by atoms with E-state index in [0.29, 0.717) is 16.8 Å². The van der Waals surface area contributed by atoms with Crippen molar-refractivity contribution < 1.29 is 14.3 Å². The van der Waals surface area contributed by atoms with Gasteiger partial charge in [0, 0.05) is 25.3 Å². The Hall–Kier alpha value is -3.06. The SMILES string of the molecule is Cn1c(=O)oc2cc(NC(=O)N(CCO)C3CCCc4ccccc43)ccc21. The van der Waals surface area contributed by atoms with Crippen LogP contribution in [0.25, 0.3) is 11.1 Å². The fourth-order valence-corrected chi connectivity index (χ4v) is 3.97. The molecular formula is C21H23N3O4. The van der Waals surface area contributed by atoms with E-state index in [0.717, 1.165) is 24.8 Å². The molecule has 7 nitrogen and oxygen atoms in total. The molecule has 0 aliphatic heterocycles. The lowest BCUT2D eigenvalue weighted by atomic mass is 9.87. The second kappa shape index (κ2) is 7.52. The minimum Gasteiger partial charge on any atom is -0.408 e. The molecule has 0 saturated carbocycles. The highest BCUT2D eigenvalue weighted by molar-refractivity contribution is 5.92. The first-order valence-corrected chi connectivity index (χ1v) is 9.44. The Balaban J connectivity index is 1.60. The van der Waals surface area contributed by atoms with Crippen LogP contribution in [0.15, 0.2) is 51.7 Å². The maximum absolute atomic E-state index is 13.0. The van der Waals surface area contributed by atoms with Gasteiger partial charge in [0.25, 0.3) is 0 Å². The van der Waals surface area contributed by atoms with Gasteiger partial charge in [-0.05, 0) is 42.5 Å². The van der Waals surface area contributed by atoms with Gasteiger partial charge < -0.3 is 19.7 Å². The van der Waals surface area contributed by atoms with Gasteiger partial charge in [0.1, 0.15) is 0 Å². The van der Waals surface area contributed by atoms with E-state index in [2.05, 4.69) is 17.4 Å². The van der Waals surface area contributed by atoms with E-state index in [-0.39, 0.29) is 25.2 Å². The topological polar surface area (TPSA) is 87.7 Å². The summed E-state index contributed by atoms with van der Waals surface area (Å²) in [5, 5.41) is 12.4. The minimum atomic E-state index is -0.445. The quantitative estimate of drug-likeness (QED) is 0.727. The summed E-state index contributed by atoms with van der Waals surface area (Å²) in [6.07, 6.45) is 2.86. The summed E-state index contributed by atoms with van der Waals surface area (Å²) in [4.78, 5) is 26.4. The van der Waals surface area contributed by atoms with Crippen LogP contribution in [-0.2, 0) is 13.5 Å². The van der Waals surface area contributed by atoms with Crippen LogP contribution < -0.4 is 11.1 Å². The van der Waals surface area contributed by atoms with Crippen molar-refractivity contribution in [1.82, 2.24) is 9.47 Å². The summed E-state index contributed by atoms with van der Waals surface area (Å²) in [6.45, 7) is 0.131. The average Bonchev–Trinajstić information content (AvgIpc) is 2.99. The normalized spacial score (nSPS) is 16.0. The fourth-order valence-electron chi connectivity index (χ4n) is 3.97. The molecule has 0 fully saturated rings. The van der Waals surface area contributed by atoms with E-state index >= 15 is 0 Å². The second-order valence-electron chi connectivity index (χ2n) is 7.06. The van der Waals surface area contributed by atoms with Gasteiger partial charge in [-0.25, -0.2) is 9.59 Å². The smallest absolute Gasteiger partial charge is 0.408 e. The van der Waals surface area contributed by atoms with Gasteiger partial charge in [0.2, 0.25) is 0 Å². The summed E-state index contributed by atoms with van der Waals surface area (Å²) in [7, 11) is 1.63. The number of aryl methyl sites for hydroxylation is 2. The van der Waals surface area contributed by atoms with Crippen LogP contribution in [0.4, 0.5) is 10.5 Å². The van der Waals surface area contributed by atoms with Crippen molar-refractivity contribution in [2.45, 2.75) is 25.3 Å². The lowest BCUT2D eigenvalue weighted by molar-refractivity contribution is 0.155. The van der Waals surface area contributed by atoms with Crippen LogP contribution in [0.5, 0.6) is 0 Å². The molecular weight excluding hydrogens is 358 g/mol. The molecule has 3 aromatic rings. The van der Waals surface area contributed by atoms with E-state index in [1.165, 1.54) is 10.1 Å². The Labute approximate surface area is 162 Å². The number of aromatic nitrogens is 1. The van der Waals surface area contributed by atoms with Crippen LogP contribution in [0.1, 0.15) is 30.0 Å². The first-order chi connectivity index (χ1) is 13.6. The lowest BCUT2D eigenvalue weighted by Crippen LogP contribution is -2.41. The van der Waals surface area contributed by atoms with Gasteiger partial charge in [0.05, 0.1) is 18.2 Å². The number of anilines is 1. The highest BCUT2D eigenvalue weighted by Crippen LogP contribution is 2.34. The molecule has 7 heteroatoms. The Morgan fingerprint density at radius 2 is 2.14 bits per heavy atom. The Bertz CT molecular complexity index is 1070. The van der Waals surface area contributed by atoms with Crippen molar-refractivity contribution in [1.29, 1.82) is 0 Å². The van der Waals surface area contributed by atoms with Gasteiger partial charge in [-0.2, -0.15) is 0 Å². The van der Waals surface area contributed by atoms with Gasteiger partial charge in [-0.3, -0.25) is 4.57 Å². The molecule has 1 unspecified atom stereocenters. The maximum Gasteiger partial charge on any atom is 0.419 e. The summed E-state index contributed by atoms with van der Waals surface area (Å²) in [5.74, 6) is -0.445. The van der Waals surface area contributed by atoms with Crippen LogP contribution >= 0.6 is 0 Å². The highest BCUT2D eigenvalue weighted by Gasteiger charge is 2.29.